The Balaban J connectivity index is 2.01. The average molecular weight is 381 g/mol. The molecule has 0 saturated heterocycles. The van der Waals surface area contributed by atoms with Crippen LogP contribution in [0, 0.1) is 6.92 Å². The Morgan fingerprint density at radius 1 is 1.18 bits per heavy atom. The molecule has 0 spiro atoms. The minimum Gasteiger partial charge on any atom is -0.396 e. The van der Waals surface area contributed by atoms with E-state index in [1.165, 1.54) is 9.13 Å². The van der Waals surface area contributed by atoms with Gasteiger partial charge in [-0.3, -0.25) is 18.3 Å². The highest BCUT2D eigenvalue weighted by molar-refractivity contribution is 5.75. The van der Waals surface area contributed by atoms with Gasteiger partial charge >= 0.3 is 5.69 Å². The van der Waals surface area contributed by atoms with Crippen molar-refractivity contribution in [1.29, 1.82) is 0 Å². The molecule has 1 aromatic carbocycles. The number of rotatable bonds is 5. The Bertz CT molecular complexity index is 1280. The Labute approximate surface area is 160 Å². The number of aliphatic hydroxyl groups is 1. The third-order valence-corrected chi connectivity index (χ3v) is 5.28. The fourth-order valence-electron chi connectivity index (χ4n) is 3.81. The first-order valence-corrected chi connectivity index (χ1v) is 9.31. The lowest BCUT2D eigenvalue weighted by atomic mass is 10.1. The molecule has 0 bridgehead atoms. The average Bonchev–Trinajstić information content (AvgIpc) is 3.21. The molecule has 8 nitrogen and oxygen atoms in total. The van der Waals surface area contributed by atoms with Crippen molar-refractivity contribution in [2.45, 2.75) is 32.9 Å². The van der Waals surface area contributed by atoms with E-state index in [-0.39, 0.29) is 24.8 Å². The van der Waals surface area contributed by atoms with E-state index < -0.39 is 5.69 Å². The zero-order valence-corrected chi connectivity index (χ0v) is 16.2. The standard InChI is InChI=1S/C20H23N5O3/c1-13-12-24-16-17(22(3)20(28)23(18(16)27)10-7-11-26)21-19(24)25(13)14(2)15-8-5-4-6-9-15/h4-6,8-9,12,14,26H,7,10-11H2,1-3H3. The van der Waals surface area contributed by atoms with E-state index in [1.54, 1.807) is 11.4 Å². The third kappa shape index (κ3) is 2.60. The number of nitrogens with zero attached hydrogens (tertiary/aromatic N) is 5. The number of aryl methyl sites for hydroxylation is 2. The summed E-state index contributed by atoms with van der Waals surface area (Å²) in [5, 5.41) is 9.09. The second kappa shape index (κ2) is 6.79. The van der Waals surface area contributed by atoms with Crippen LogP contribution >= 0.6 is 0 Å². The highest BCUT2D eigenvalue weighted by Gasteiger charge is 2.22. The lowest BCUT2D eigenvalue weighted by Gasteiger charge is -2.16. The molecule has 0 aliphatic heterocycles. The number of fused-ring (bicyclic) bond motifs is 3. The van der Waals surface area contributed by atoms with Crippen LogP contribution in [-0.2, 0) is 13.6 Å². The molecule has 4 rings (SSSR count). The van der Waals surface area contributed by atoms with Crippen LogP contribution in [0.25, 0.3) is 16.9 Å². The molecule has 3 aromatic heterocycles. The summed E-state index contributed by atoms with van der Waals surface area (Å²) >= 11 is 0. The molecule has 0 aliphatic rings. The van der Waals surface area contributed by atoms with Crippen molar-refractivity contribution in [3.63, 3.8) is 0 Å². The second-order valence-corrected chi connectivity index (χ2v) is 7.06. The van der Waals surface area contributed by atoms with Gasteiger partial charge in [0.05, 0.1) is 6.04 Å². The van der Waals surface area contributed by atoms with Crippen molar-refractivity contribution in [1.82, 2.24) is 23.1 Å². The van der Waals surface area contributed by atoms with E-state index in [0.717, 1.165) is 11.3 Å². The van der Waals surface area contributed by atoms with Gasteiger partial charge in [-0.15, -0.1) is 0 Å². The topological polar surface area (TPSA) is 86.5 Å². The van der Waals surface area contributed by atoms with Crippen LogP contribution in [0.4, 0.5) is 0 Å². The van der Waals surface area contributed by atoms with Crippen LogP contribution in [0.3, 0.4) is 0 Å². The van der Waals surface area contributed by atoms with Gasteiger partial charge in [0.2, 0.25) is 5.78 Å². The van der Waals surface area contributed by atoms with Crippen LogP contribution in [-0.4, -0.2) is 34.8 Å². The maximum absolute atomic E-state index is 13.0. The van der Waals surface area contributed by atoms with Crippen LogP contribution in [0.15, 0.2) is 46.1 Å². The van der Waals surface area contributed by atoms with Gasteiger partial charge in [0.1, 0.15) is 0 Å². The number of hydrogen-bond acceptors (Lipinski definition) is 4. The number of benzene rings is 1. The summed E-state index contributed by atoms with van der Waals surface area (Å²) in [7, 11) is 1.61. The summed E-state index contributed by atoms with van der Waals surface area (Å²) in [6, 6.07) is 10.1. The molecule has 0 saturated carbocycles. The smallest absolute Gasteiger partial charge is 0.332 e. The fourth-order valence-corrected chi connectivity index (χ4v) is 3.81. The number of hydrogen-bond donors (Lipinski definition) is 1. The molecule has 1 atom stereocenters. The molecule has 8 heteroatoms. The van der Waals surface area contributed by atoms with Gasteiger partial charge in [-0.2, -0.15) is 4.98 Å². The molecule has 0 radical (unpaired) electrons. The Kier molecular flexibility index (Phi) is 4.43. The molecule has 1 unspecified atom stereocenters. The lowest BCUT2D eigenvalue weighted by molar-refractivity contribution is 0.277. The minimum atomic E-state index is -0.425. The van der Waals surface area contributed by atoms with Crippen LogP contribution in [0.2, 0.25) is 0 Å². The van der Waals surface area contributed by atoms with Crippen molar-refractivity contribution in [3.8, 4) is 0 Å². The lowest BCUT2D eigenvalue weighted by Crippen LogP contribution is -2.39. The minimum absolute atomic E-state index is 0.0177. The van der Waals surface area contributed by atoms with Gasteiger partial charge in [0, 0.05) is 32.1 Å². The van der Waals surface area contributed by atoms with E-state index in [0.29, 0.717) is 23.4 Å². The Morgan fingerprint density at radius 2 is 1.89 bits per heavy atom. The van der Waals surface area contributed by atoms with Crippen LogP contribution in [0.5, 0.6) is 0 Å². The molecule has 28 heavy (non-hydrogen) atoms. The van der Waals surface area contributed by atoms with Crippen LogP contribution in [0.1, 0.15) is 30.6 Å². The first-order valence-electron chi connectivity index (χ1n) is 9.31. The fraction of sp³-hybridized carbons (Fsp3) is 0.350. The molecule has 0 aliphatic carbocycles. The van der Waals surface area contributed by atoms with Gasteiger partial charge in [0.15, 0.2) is 11.2 Å². The van der Waals surface area contributed by atoms with Crippen molar-refractivity contribution in [3.05, 3.63) is 68.6 Å². The highest BCUT2D eigenvalue weighted by atomic mass is 16.3. The van der Waals surface area contributed by atoms with Crippen molar-refractivity contribution < 1.29 is 5.11 Å². The largest absolute Gasteiger partial charge is 0.396 e. The molecule has 3 heterocycles. The Morgan fingerprint density at radius 3 is 2.57 bits per heavy atom. The summed E-state index contributed by atoms with van der Waals surface area (Å²) in [5.74, 6) is 0.621. The summed E-state index contributed by atoms with van der Waals surface area (Å²) in [4.78, 5) is 30.3. The molecule has 1 N–H and O–H groups in total. The van der Waals surface area contributed by atoms with Crippen LogP contribution < -0.4 is 11.2 Å². The number of aliphatic hydroxyl groups excluding tert-OH is 1. The van der Waals surface area contributed by atoms with Gasteiger partial charge < -0.3 is 9.67 Å². The van der Waals surface area contributed by atoms with E-state index in [9.17, 15) is 9.59 Å². The normalized spacial score (nSPS) is 12.9. The third-order valence-electron chi connectivity index (χ3n) is 5.28. The molecule has 0 amide bonds. The maximum Gasteiger partial charge on any atom is 0.332 e. The van der Waals surface area contributed by atoms with E-state index >= 15 is 0 Å². The van der Waals surface area contributed by atoms with Crippen molar-refractivity contribution in [2.75, 3.05) is 6.61 Å². The molecular weight excluding hydrogens is 358 g/mol. The highest BCUT2D eigenvalue weighted by Crippen LogP contribution is 2.25. The van der Waals surface area contributed by atoms with E-state index in [4.69, 9.17) is 5.11 Å². The first kappa shape index (κ1) is 18.2. The monoisotopic (exact) mass is 381 g/mol. The van der Waals surface area contributed by atoms with Crippen molar-refractivity contribution >= 4 is 16.9 Å². The predicted octanol–water partition coefficient (Wildman–Crippen LogP) is 1.45. The predicted molar refractivity (Wildman–Crippen MR) is 107 cm³/mol. The maximum atomic E-state index is 13.0. The molecule has 0 fully saturated rings. The second-order valence-electron chi connectivity index (χ2n) is 7.06. The van der Waals surface area contributed by atoms with Gasteiger partial charge in [0.25, 0.3) is 5.56 Å². The zero-order chi connectivity index (χ0) is 20.0. The van der Waals surface area contributed by atoms with E-state index in [1.807, 2.05) is 31.3 Å². The first-order chi connectivity index (χ1) is 13.5. The zero-order valence-electron chi connectivity index (χ0n) is 16.2. The molecule has 146 valence electrons. The van der Waals surface area contributed by atoms with Gasteiger partial charge in [-0.25, -0.2) is 4.79 Å². The summed E-state index contributed by atoms with van der Waals surface area (Å²) in [6.07, 6.45) is 2.22. The summed E-state index contributed by atoms with van der Waals surface area (Å²) in [6.45, 7) is 4.15. The molecular formula is C20H23N5O3. The van der Waals surface area contributed by atoms with Gasteiger partial charge in [-0.1, -0.05) is 30.3 Å². The Hall–Kier alpha value is -3.13. The van der Waals surface area contributed by atoms with E-state index in [2.05, 4.69) is 28.6 Å². The quantitative estimate of drug-likeness (QED) is 0.567. The number of imidazole rings is 2. The summed E-state index contributed by atoms with van der Waals surface area (Å²) in [5.41, 5.74) is 2.02. The van der Waals surface area contributed by atoms with Gasteiger partial charge in [-0.05, 0) is 25.8 Å². The molecule has 4 aromatic rings. The summed E-state index contributed by atoms with van der Waals surface area (Å²) < 4.78 is 6.40. The SMILES string of the molecule is Cc1cn2c3c(=O)n(CCCO)c(=O)n(C)c3nc2n1C(C)c1ccccc1. The van der Waals surface area contributed by atoms with Crippen molar-refractivity contribution in [2.24, 2.45) is 7.05 Å². The number of aromatic nitrogens is 5.